The Bertz CT molecular complexity index is 693. The van der Waals surface area contributed by atoms with Crippen LogP contribution in [0.4, 0.5) is 9.59 Å². The molecule has 1 aliphatic rings. The van der Waals surface area contributed by atoms with Crippen molar-refractivity contribution in [2.45, 2.75) is 59.7 Å². The monoisotopic (exact) mass is 447 g/mol. The summed E-state index contributed by atoms with van der Waals surface area (Å²) in [6.07, 6.45) is 1.18. The zero-order chi connectivity index (χ0) is 23.6. The Labute approximate surface area is 193 Å². The molecule has 1 fully saturated rings. The molecule has 180 valence electrons. The van der Waals surface area contributed by atoms with Crippen LogP contribution < -0.4 is 0 Å². The Morgan fingerprint density at radius 1 is 1.03 bits per heavy atom. The van der Waals surface area contributed by atoms with E-state index in [1.807, 2.05) is 56.0 Å². The number of hydrogen-bond donors (Lipinski definition) is 0. The van der Waals surface area contributed by atoms with E-state index in [1.54, 1.807) is 4.90 Å². The Balaban J connectivity index is 1.85. The number of piperidine rings is 1. The number of likely N-dealkylation sites (N-methyl/N-ethyl adjacent to an activating group) is 1. The number of likely N-dealkylation sites (tertiary alicyclic amines) is 1. The second kappa shape index (κ2) is 12.7. The molecule has 1 heterocycles. The van der Waals surface area contributed by atoms with E-state index in [0.717, 1.165) is 38.0 Å². The third-order valence-electron chi connectivity index (χ3n) is 5.79. The number of ether oxygens (including phenoxy) is 2. The maximum Gasteiger partial charge on any atom is 0.410 e. The van der Waals surface area contributed by atoms with Crippen molar-refractivity contribution in [3.63, 3.8) is 0 Å². The van der Waals surface area contributed by atoms with Gasteiger partial charge in [0.05, 0.1) is 0 Å². The number of nitrogens with zero attached hydrogens (tertiary/aromatic N) is 3. The van der Waals surface area contributed by atoms with Gasteiger partial charge in [0.2, 0.25) is 0 Å². The fourth-order valence-electron chi connectivity index (χ4n) is 3.81. The van der Waals surface area contributed by atoms with E-state index in [2.05, 4.69) is 18.7 Å². The molecule has 0 aliphatic carbocycles. The van der Waals surface area contributed by atoms with E-state index in [0.29, 0.717) is 32.1 Å². The number of carbonyl (C=O) groups is 2. The average molecular weight is 448 g/mol. The van der Waals surface area contributed by atoms with Gasteiger partial charge in [-0.05, 0) is 58.2 Å². The lowest BCUT2D eigenvalue weighted by atomic mass is 9.96. The quantitative estimate of drug-likeness (QED) is 0.553. The van der Waals surface area contributed by atoms with Crippen molar-refractivity contribution in [2.75, 3.05) is 45.8 Å². The first-order valence-corrected chi connectivity index (χ1v) is 11.9. The molecule has 0 N–H and O–H groups in total. The van der Waals surface area contributed by atoms with Crippen molar-refractivity contribution in [2.24, 2.45) is 5.92 Å². The van der Waals surface area contributed by atoms with E-state index in [1.165, 1.54) is 0 Å². The van der Waals surface area contributed by atoms with Crippen LogP contribution in [0.15, 0.2) is 30.3 Å². The number of amides is 2. The number of hydrogen-bond acceptors (Lipinski definition) is 5. The molecule has 7 nitrogen and oxygen atoms in total. The molecule has 0 bridgehead atoms. The maximum absolute atomic E-state index is 12.8. The Kier molecular flexibility index (Phi) is 10.3. The van der Waals surface area contributed by atoms with E-state index in [-0.39, 0.29) is 18.8 Å². The van der Waals surface area contributed by atoms with Crippen LogP contribution in [0.1, 0.15) is 53.0 Å². The largest absolute Gasteiger partial charge is 0.445 e. The van der Waals surface area contributed by atoms with Crippen molar-refractivity contribution in [1.82, 2.24) is 14.7 Å². The SMILES string of the molecule is CCN(CC)CCN(CC1CCN(C(=O)OCc2ccccc2)CC1)C(=O)OC(C)(C)C. The third-order valence-corrected chi connectivity index (χ3v) is 5.79. The molecule has 0 unspecified atom stereocenters. The van der Waals surface area contributed by atoms with Gasteiger partial charge in [-0.2, -0.15) is 0 Å². The van der Waals surface area contributed by atoms with Gasteiger partial charge in [-0.3, -0.25) is 0 Å². The lowest BCUT2D eigenvalue weighted by molar-refractivity contribution is 0.0170. The van der Waals surface area contributed by atoms with Crippen molar-refractivity contribution >= 4 is 12.2 Å². The van der Waals surface area contributed by atoms with E-state index in [4.69, 9.17) is 9.47 Å². The first-order chi connectivity index (χ1) is 15.2. The standard InChI is InChI=1S/C25H41N3O4/c1-6-26(7-2)17-18-28(24(30)32-25(3,4)5)19-21-13-15-27(16-14-21)23(29)31-20-22-11-9-8-10-12-22/h8-12,21H,6-7,13-20H2,1-5H3. The van der Waals surface area contributed by atoms with Gasteiger partial charge in [0.15, 0.2) is 0 Å². The van der Waals surface area contributed by atoms with E-state index < -0.39 is 5.60 Å². The minimum atomic E-state index is -0.517. The summed E-state index contributed by atoms with van der Waals surface area (Å²) in [5, 5.41) is 0. The number of benzene rings is 1. The molecule has 7 heteroatoms. The summed E-state index contributed by atoms with van der Waals surface area (Å²) in [6, 6.07) is 9.71. The summed E-state index contributed by atoms with van der Waals surface area (Å²) in [4.78, 5) is 31.2. The molecular weight excluding hydrogens is 406 g/mol. The topological polar surface area (TPSA) is 62.3 Å². The molecule has 0 saturated carbocycles. The molecule has 0 aromatic heterocycles. The first kappa shape index (κ1) is 26.0. The van der Waals surface area contributed by atoms with Crippen LogP contribution in [-0.4, -0.2) is 78.3 Å². The Morgan fingerprint density at radius 2 is 1.66 bits per heavy atom. The van der Waals surface area contributed by atoms with Crippen molar-refractivity contribution in [3.8, 4) is 0 Å². The molecule has 2 amide bonds. The predicted octanol–water partition coefficient (Wildman–Crippen LogP) is 4.61. The van der Waals surface area contributed by atoms with Gasteiger partial charge >= 0.3 is 12.2 Å². The van der Waals surface area contributed by atoms with Gasteiger partial charge in [0.25, 0.3) is 0 Å². The summed E-state index contributed by atoms with van der Waals surface area (Å²) < 4.78 is 11.1. The first-order valence-electron chi connectivity index (χ1n) is 11.9. The second-order valence-electron chi connectivity index (χ2n) is 9.42. The van der Waals surface area contributed by atoms with Crippen LogP contribution in [0.25, 0.3) is 0 Å². The maximum atomic E-state index is 12.8. The third kappa shape index (κ3) is 9.07. The lowest BCUT2D eigenvalue weighted by Crippen LogP contribution is -2.46. The Morgan fingerprint density at radius 3 is 2.22 bits per heavy atom. The predicted molar refractivity (Wildman–Crippen MR) is 127 cm³/mol. The molecule has 2 rings (SSSR count). The van der Waals surface area contributed by atoms with Crippen LogP contribution >= 0.6 is 0 Å². The highest BCUT2D eigenvalue weighted by Crippen LogP contribution is 2.21. The highest BCUT2D eigenvalue weighted by Gasteiger charge is 2.29. The van der Waals surface area contributed by atoms with Crippen molar-refractivity contribution in [1.29, 1.82) is 0 Å². The minimum absolute atomic E-state index is 0.255. The summed E-state index contributed by atoms with van der Waals surface area (Å²) in [5.41, 5.74) is 0.466. The molecule has 32 heavy (non-hydrogen) atoms. The van der Waals surface area contributed by atoms with Crippen molar-refractivity contribution < 1.29 is 19.1 Å². The van der Waals surface area contributed by atoms with E-state index in [9.17, 15) is 9.59 Å². The summed E-state index contributed by atoms with van der Waals surface area (Å²) >= 11 is 0. The van der Waals surface area contributed by atoms with E-state index >= 15 is 0 Å². The zero-order valence-corrected chi connectivity index (χ0v) is 20.5. The molecule has 1 aromatic carbocycles. The molecule has 0 radical (unpaired) electrons. The molecule has 0 spiro atoms. The highest BCUT2D eigenvalue weighted by atomic mass is 16.6. The molecule has 1 aliphatic heterocycles. The van der Waals surface area contributed by atoms with Gasteiger partial charge in [-0.25, -0.2) is 9.59 Å². The number of carbonyl (C=O) groups excluding carboxylic acids is 2. The fraction of sp³-hybridized carbons (Fsp3) is 0.680. The van der Waals surface area contributed by atoms with Crippen LogP contribution in [-0.2, 0) is 16.1 Å². The number of rotatable bonds is 9. The zero-order valence-electron chi connectivity index (χ0n) is 20.5. The normalized spacial score (nSPS) is 15.0. The summed E-state index contributed by atoms with van der Waals surface area (Å²) in [6.45, 7) is 15.6. The van der Waals surface area contributed by atoms with Crippen molar-refractivity contribution in [3.05, 3.63) is 35.9 Å². The smallest absolute Gasteiger partial charge is 0.410 e. The highest BCUT2D eigenvalue weighted by molar-refractivity contribution is 5.68. The van der Waals surface area contributed by atoms with Gasteiger partial charge in [0, 0.05) is 32.7 Å². The molecule has 0 atom stereocenters. The second-order valence-corrected chi connectivity index (χ2v) is 9.42. The average Bonchev–Trinajstić information content (AvgIpc) is 2.77. The van der Waals surface area contributed by atoms with Crippen LogP contribution in [0.3, 0.4) is 0 Å². The Hall–Kier alpha value is -2.28. The molecule has 1 aromatic rings. The van der Waals surface area contributed by atoms with Gasteiger partial charge in [0.1, 0.15) is 12.2 Å². The van der Waals surface area contributed by atoms with Gasteiger partial charge < -0.3 is 24.2 Å². The van der Waals surface area contributed by atoms with Crippen LogP contribution in [0, 0.1) is 5.92 Å². The molecular formula is C25H41N3O4. The van der Waals surface area contributed by atoms with Gasteiger partial charge in [-0.1, -0.05) is 44.2 Å². The van der Waals surface area contributed by atoms with Crippen LogP contribution in [0.2, 0.25) is 0 Å². The summed E-state index contributed by atoms with van der Waals surface area (Å²) in [5.74, 6) is 0.345. The molecule has 1 saturated heterocycles. The van der Waals surface area contributed by atoms with Gasteiger partial charge in [-0.15, -0.1) is 0 Å². The lowest BCUT2D eigenvalue weighted by Gasteiger charge is -2.35. The summed E-state index contributed by atoms with van der Waals surface area (Å²) in [7, 11) is 0. The minimum Gasteiger partial charge on any atom is -0.445 e. The van der Waals surface area contributed by atoms with Crippen LogP contribution in [0.5, 0.6) is 0 Å². The fourth-order valence-corrected chi connectivity index (χ4v) is 3.81.